The molecule has 36 heavy (non-hydrogen) atoms. The first-order valence-corrected chi connectivity index (χ1v) is 12.5. The maximum Gasteiger partial charge on any atom is 0.421 e. The van der Waals surface area contributed by atoms with Crippen molar-refractivity contribution < 1.29 is 35.9 Å². The highest BCUT2D eigenvalue weighted by molar-refractivity contribution is 7.89. The molecule has 1 atom stereocenters. The number of alkyl halides is 3. The smallest absolute Gasteiger partial charge is 0.421 e. The predicted octanol–water partition coefficient (Wildman–Crippen LogP) is 4.27. The van der Waals surface area contributed by atoms with Crippen LogP contribution in [0.5, 0.6) is 5.75 Å². The monoisotopic (exact) mass is 522 g/mol. The fourth-order valence-corrected chi connectivity index (χ4v) is 6.02. The van der Waals surface area contributed by atoms with Gasteiger partial charge in [0.2, 0.25) is 15.6 Å². The largest absolute Gasteiger partial charge is 0.497 e. The molecule has 1 amide bonds. The zero-order chi connectivity index (χ0) is 26.7. The Kier molecular flexibility index (Phi) is 6.08. The summed E-state index contributed by atoms with van der Waals surface area (Å²) in [6.07, 6.45) is -5.78. The molecule has 192 valence electrons. The van der Waals surface area contributed by atoms with Gasteiger partial charge >= 0.3 is 6.18 Å². The lowest BCUT2D eigenvalue weighted by molar-refractivity contribution is -0.184. The van der Waals surface area contributed by atoms with Gasteiger partial charge in [0.05, 0.1) is 17.6 Å². The number of allylic oxidation sites excluding steroid dienone is 1. The number of carbonyl (C=O) groups excluding carboxylic acids is 2. The summed E-state index contributed by atoms with van der Waals surface area (Å²) in [6.45, 7) is 5.10. The number of ether oxygens (including phenoxy) is 1. The van der Waals surface area contributed by atoms with Crippen molar-refractivity contribution >= 4 is 27.4 Å². The van der Waals surface area contributed by atoms with Crippen LogP contribution in [-0.2, 0) is 19.6 Å². The standard InChI is InChI=1S/C25H25F3N2O5S/c1-15-5-11-18(12-6-15)36(33,34)29-24(25(26,27)28)21-19(13-23(2,3)14-20(21)31)30(22(24)32)16-7-9-17(35-4)10-8-16/h5-12,29H,13-14H2,1-4H3/t24-/m1/s1. The third kappa shape index (κ3) is 4.09. The van der Waals surface area contributed by atoms with Crippen LogP contribution < -0.4 is 14.4 Å². The molecular weight excluding hydrogens is 497 g/mol. The van der Waals surface area contributed by atoms with E-state index >= 15 is 0 Å². The number of hydrogen-bond acceptors (Lipinski definition) is 5. The fourth-order valence-electron chi connectivity index (χ4n) is 4.70. The molecule has 11 heteroatoms. The average molecular weight is 523 g/mol. The number of halogens is 3. The van der Waals surface area contributed by atoms with Gasteiger partial charge in [0.15, 0.2) is 5.78 Å². The lowest BCUT2D eigenvalue weighted by atomic mass is 9.72. The van der Waals surface area contributed by atoms with E-state index in [9.17, 15) is 31.2 Å². The van der Waals surface area contributed by atoms with Crippen molar-refractivity contribution in [2.45, 2.75) is 50.2 Å². The number of ketones is 1. The molecule has 1 aliphatic carbocycles. The van der Waals surface area contributed by atoms with Gasteiger partial charge in [-0.25, -0.2) is 8.42 Å². The first-order chi connectivity index (χ1) is 16.6. The van der Waals surface area contributed by atoms with Gasteiger partial charge < -0.3 is 4.74 Å². The Balaban J connectivity index is 1.96. The van der Waals surface area contributed by atoms with Gasteiger partial charge in [0, 0.05) is 17.8 Å². The molecule has 0 aromatic heterocycles. The summed E-state index contributed by atoms with van der Waals surface area (Å²) in [5.41, 5.74) is -4.84. The van der Waals surface area contributed by atoms with Crippen molar-refractivity contribution in [2.24, 2.45) is 5.41 Å². The van der Waals surface area contributed by atoms with Gasteiger partial charge in [-0.2, -0.15) is 17.9 Å². The number of methoxy groups -OCH3 is 1. The number of Topliss-reactive ketones (excluding diaryl/α,β-unsaturated/α-hetero) is 1. The number of aryl methyl sites for hydroxylation is 1. The number of amides is 1. The van der Waals surface area contributed by atoms with Gasteiger partial charge in [-0.15, -0.1) is 0 Å². The third-order valence-corrected chi connectivity index (χ3v) is 7.86. The summed E-state index contributed by atoms with van der Waals surface area (Å²) in [7, 11) is -3.47. The molecule has 0 radical (unpaired) electrons. The Labute approximate surface area is 207 Å². The summed E-state index contributed by atoms with van der Waals surface area (Å²) < 4.78 is 77.9. The van der Waals surface area contributed by atoms with Crippen molar-refractivity contribution in [3.8, 4) is 5.75 Å². The molecule has 0 saturated heterocycles. The summed E-state index contributed by atoms with van der Waals surface area (Å²) in [5, 5.41) is 0. The van der Waals surface area contributed by atoms with Crippen molar-refractivity contribution in [1.29, 1.82) is 0 Å². The van der Waals surface area contributed by atoms with Crippen LogP contribution in [0.2, 0.25) is 0 Å². The summed E-state index contributed by atoms with van der Waals surface area (Å²) in [5.74, 6) is -2.14. The van der Waals surface area contributed by atoms with E-state index in [1.807, 2.05) is 0 Å². The Hall–Kier alpha value is -3.18. The lowest BCUT2D eigenvalue weighted by Crippen LogP contribution is -2.66. The molecule has 0 spiro atoms. The number of sulfonamides is 1. The molecule has 1 heterocycles. The molecular formula is C25H25F3N2O5S. The molecule has 1 aliphatic heterocycles. The number of nitrogens with one attached hydrogen (secondary N) is 1. The van der Waals surface area contributed by atoms with Crippen molar-refractivity contribution in [2.75, 3.05) is 12.0 Å². The number of benzene rings is 2. The van der Waals surface area contributed by atoms with Crippen LogP contribution in [-0.4, -0.2) is 38.9 Å². The molecule has 0 saturated carbocycles. The minimum atomic E-state index is -5.46. The molecule has 2 aliphatic rings. The summed E-state index contributed by atoms with van der Waals surface area (Å²) in [6, 6.07) is 10.8. The second-order valence-corrected chi connectivity index (χ2v) is 11.4. The van der Waals surface area contributed by atoms with E-state index < -0.39 is 49.3 Å². The highest BCUT2D eigenvalue weighted by Gasteiger charge is 2.72. The molecule has 1 N–H and O–H groups in total. The number of anilines is 1. The Morgan fingerprint density at radius 2 is 1.56 bits per heavy atom. The average Bonchev–Trinajstić information content (AvgIpc) is 3.01. The van der Waals surface area contributed by atoms with Crippen molar-refractivity contribution in [3.05, 3.63) is 65.4 Å². The van der Waals surface area contributed by atoms with Crippen LogP contribution in [0.15, 0.2) is 64.7 Å². The molecule has 0 fully saturated rings. The van der Waals surface area contributed by atoms with Crippen LogP contribution >= 0.6 is 0 Å². The molecule has 4 rings (SSSR count). The van der Waals surface area contributed by atoms with Gasteiger partial charge in [-0.1, -0.05) is 31.5 Å². The highest BCUT2D eigenvalue weighted by atomic mass is 32.2. The summed E-state index contributed by atoms with van der Waals surface area (Å²) >= 11 is 0. The van der Waals surface area contributed by atoms with Crippen LogP contribution in [0.3, 0.4) is 0 Å². The first-order valence-electron chi connectivity index (χ1n) is 11.1. The van der Waals surface area contributed by atoms with E-state index in [1.165, 1.54) is 43.5 Å². The van der Waals surface area contributed by atoms with Crippen LogP contribution in [0.25, 0.3) is 0 Å². The number of nitrogens with zero attached hydrogens (tertiary/aromatic N) is 1. The molecule has 2 aromatic carbocycles. The van der Waals surface area contributed by atoms with E-state index in [2.05, 4.69) is 0 Å². The highest BCUT2D eigenvalue weighted by Crippen LogP contribution is 2.53. The van der Waals surface area contributed by atoms with Crippen LogP contribution in [0.1, 0.15) is 32.3 Å². The Morgan fingerprint density at radius 1 is 0.972 bits per heavy atom. The SMILES string of the molecule is COc1ccc(N2C(=O)[C@@](NS(=O)(=O)c3ccc(C)cc3)(C(F)(F)F)C3=C2CC(C)(C)CC3=O)cc1. The van der Waals surface area contributed by atoms with Gasteiger partial charge in [0.1, 0.15) is 5.75 Å². The van der Waals surface area contributed by atoms with Gasteiger partial charge in [0.25, 0.3) is 5.91 Å². The van der Waals surface area contributed by atoms with Crippen LogP contribution in [0.4, 0.5) is 18.9 Å². The fraction of sp³-hybridized carbons (Fsp3) is 0.360. The van der Waals surface area contributed by atoms with Crippen LogP contribution in [0, 0.1) is 12.3 Å². The van der Waals surface area contributed by atoms with Gasteiger partial charge in [-0.05, 0) is 55.2 Å². The minimum absolute atomic E-state index is 0.0457. The lowest BCUT2D eigenvalue weighted by Gasteiger charge is -2.35. The molecule has 2 aromatic rings. The second-order valence-electron chi connectivity index (χ2n) is 9.77. The number of rotatable bonds is 5. The van der Waals surface area contributed by atoms with E-state index in [0.29, 0.717) is 11.3 Å². The molecule has 0 bridgehead atoms. The van der Waals surface area contributed by atoms with Crippen molar-refractivity contribution in [1.82, 2.24) is 4.72 Å². The third-order valence-electron chi connectivity index (χ3n) is 6.40. The number of hydrogen-bond donors (Lipinski definition) is 1. The van der Waals surface area contributed by atoms with Gasteiger partial charge in [-0.3, -0.25) is 14.5 Å². The Bertz CT molecular complexity index is 1360. The molecule has 0 unspecified atom stereocenters. The zero-order valence-corrected chi connectivity index (χ0v) is 20.9. The molecule has 7 nitrogen and oxygen atoms in total. The number of carbonyl (C=O) groups is 2. The van der Waals surface area contributed by atoms with E-state index in [4.69, 9.17) is 4.74 Å². The maximum absolute atomic E-state index is 14.9. The summed E-state index contributed by atoms with van der Waals surface area (Å²) in [4.78, 5) is 27.4. The predicted molar refractivity (Wildman–Crippen MR) is 126 cm³/mol. The minimum Gasteiger partial charge on any atom is -0.497 e. The van der Waals surface area contributed by atoms with E-state index in [1.54, 1.807) is 25.5 Å². The maximum atomic E-state index is 14.9. The topological polar surface area (TPSA) is 92.8 Å². The zero-order valence-electron chi connectivity index (χ0n) is 20.1. The Morgan fingerprint density at radius 3 is 2.08 bits per heavy atom. The van der Waals surface area contributed by atoms with E-state index in [0.717, 1.165) is 17.0 Å². The quantitative estimate of drug-likeness (QED) is 0.633. The second kappa shape index (κ2) is 8.45. The van der Waals surface area contributed by atoms with E-state index in [-0.39, 0.29) is 24.2 Å². The first kappa shape index (κ1) is 25.9. The normalized spacial score (nSPS) is 22.1. The van der Waals surface area contributed by atoms with Crippen molar-refractivity contribution in [3.63, 3.8) is 0 Å².